The summed E-state index contributed by atoms with van der Waals surface area (Å²) in [6.45, 7) is 0. The number of aldehydes is 1. The zero-order chi connectivity index (χ0) is 20.1. The summed E-state index contributed by atoms with van der Waals surface area (Å²) in [5.74, 6) is -0.782. The molecule has 0 aliphatic carbocycles. The second-order valence-corrected chi connectivity index (χ2v) is 5.68. The number of hydrogen-bond acceptors (Lipinski definition) is 6. The van der Waals surface area contributed by atoms with Crippen molar-refractivity contribution in [2.45, 2.75) is 0 Å². The fraction of sp³-hybridized carbons (Fsp3) is 0.100. The van der Waals surface area contributed by atoms with E-state index in [0.717, 1.165) is 10.9 Å². The Labute approximate surface area is 167 Å². The van der Waals surface area contributed by atoms with Gasteiger partial charge in [-0.05, 0) is 30.3 Å². The molecule has 2 heterocycles. The van der Waals surface area contributed by atoms with E-state index in [9.17, 15) is 14.4 Å². The van der Waals surface area contributed by atoms with Crippen molar-refractivity contribution >= 4 is 48.4 Å². The first-order chi connectivity index (χ1) is 13.6. The van der Waals surface area contributed by atoms with Gasteiger partial charge >= 0.3 is 11.9 Å². The van der Waals surface area contributed by atoms with Crippen LogP contribution in [0.5, 0.6) is 0 Å². The molecule has 2 aromatic heterocycles. The first-order valence-electron chi connectivity index (χ1n) is 8.25. The highest BCUT2D eigenvalue weighted by atomic mass is 16.5. The second kappa shape index (κ2) is 9.36. The van der Waals surface area contributed by atoms with Crippen LogP contribution in [0.25, 0.3) is 21.8 Å². The maximum Gasteiger partial charge on any atom is 0.338 e. The van der Waals surface area contributed by atoms with Crippen molar-refractivity contribution in [2.24, 2.45) is 0 Å². The number of carbonyl (C=O) groups is 3. The maximum atomic E-state index is 11.4. The lowest BCUT2D eigenvalue weighted by Crippen LogP contribution is -2.02. The molecule has 2 aromatic carbocycles. The van der Waals surface area contributed by atoms with Crippen molar-refractivity contribution < 1.29 is 23.9 Å². The van der Waals surface area contributed by atoms with Crippen LogP contribution in [0.1, 0.15) is 31.2 Å². The van der Waals surface area contributed by atoms with Crippen LogP contribution in [-0.2, 0) is 9.47 Å². The van der Waals surface area contributed by atoms with E-state index in [4.69, 9.17) is 0 Å². The molecule has 0 amide bonds. The summed E-state index contributed by atoms with van der Waals surface area (Å²) < 4.78 is 9.28. The van der Waals surface area contributed by atoms with E-state index >= 15 is 0 Å². The highest BCUT2D eigenvalue weighted by molar-refractivity contribution is 6.08. The monoisotopic (exact) mass is 390 g/mol. The summed E-state index contributed by atoms with van der Waals surface area (Å²) in [4.78, 5) is 36.5. The fourth-order valence-corrected chi connectivity index (χ4v) is 2.83. The molecule has 0 saturated heterocycles. The Hall–Kier alpha value is -3.88. The molecular weight excluding hydrogens is 373 g/mol. The lowest BCUT2D eigenvalue weighted by atomic mass is 10.1. The zero-order valence-electron chi connectivity index (χ0n) is 15.8. The standard InChI is InChI=1S/C10H8N2O3.C10H9NO2.B/c1-15-10(14)6-3-2-4-7-9(6)8(5-13)12-11-7;1-13-10(12)8-3-2-4-9-7(8)5-6-11-9;/h2-5H,1H3,(H,11,12);2-6,11H,1H3;. The number of fused-ring (bicyclic) bond motifs is 2. The van der Waals surface area contributed by atoms with Gasteiger partial charge in [-0.25, -0.2) is 9.59 Å². The van der Waals surface area contributed by atoms with Crippen LogP contribution in [0.4, 0.5) is 0 Å². The Morgan fingerprint density at radius 1 is 0.966 bits per heavy atom. The number of benzene rings is 2. The van der Waals surface area contributed by atoms with Gasteiger partial charge < -0.3 is 14.5 Å². The predicted octanol–water partition coefficient (Wildman–Crippen LogP) is 2.74. The van der Waals surface area contributed by atoms with Crippen molar-refractivity contribution in [3.63, 3.8) is 0 Å². The Morgan fingerprint density at radius 2 is 1.62 bits per heavy atom. The molecule has 0 fully saturated rings. The Morgan fingerprint density at radius 3 is 2.31 bits per heavy atom. The molecule has 3 radical (unpaired) electrons. The number of nitrogens with zero attached hydrogens (tertiary/aromatic N) is 1. The molecule has 29 heavy (non-hydrogen) atoms. The van der Waals surface area contributed by atoms with E-state index in [0.29, 0.717) is 28.3 Å². The quantitative estimate of drug-likeness (QED) is 0.316. The number of aromatic amines is 2. The molecule has 4 rings (SSSR count). The van der Waals surface area contributed by atoms with Gasteiger partial charge in [0.05, 0.1) is 30.9 Å². The summed E-state index contributed by atoms with van der Waals surface area (Å²) in [7, 11) is 2.68. The molecule has 0 spiro atoms. The van der Waals surface area contributed by atoms with Crippen molar-refractivity contribution in [3.05, 3.63) is 65.5 Å². The van der Waals surface area contributed by atoms with Crippen LogP contribution in [0.2, 0.25) is 0 Å². The molecular formula is C20H17BN3O5. The average Bonchev–Trinajstić information content (AvgIpc) is 3.39. The highest BCUT2D eigenvalue weighted by Gasteiger charge is 2.15. The normalized spacial score (nSPS) is 9.86. The van der Waals surface area contributed by atoms with Gasteiger partial charge in [0.15, 0.2) is 6.29 Å². The van der Waals surface area contributed by atoms with Gasteiger partial charge in [0.25, 0.3) is 0 Å². The SMILES string of the molecule is COC(=O)c1cccc2[nH]ccc12.COC(=O)c1cccc2n[nH]c(C=O)c12.[B]. The van der Waals surface area contributed by atoms with Gasteiger partial charge in [0, 0.05) is 30.9 Å². The Kier molecular flexibility index (Phi) is 6.92. The van der Waals surface area contributed by atoms with E-state index in [-0.39, 0.29) is 20.1 Å². The zero-order valence-corrected chi connectivity index (χ0v) is 15.8. The largest absolute Gasteiger partial charge is 0.465 e. The molecule has 0 aliphatic rings. The minimum Gasteiger partial charge on any atom is -0.465 e. The van der Waals surface area contributed by atoms with Crippen molar-refractivity contribution in [3.8, 4) is 0 Å². The van der Waals surface area contributed by atoms with Gasteiger partial charge in [-0.1, -0.05) is 12.1 Å². The van der Waals surface area contributed by atoms with E-state index in [1.807, 2.05) is 18.2 Å². The van der Waals surface area contributed by atoms with E-state index in [1.165, 1.54) is 14.2 Å². The molecule has 0 saturated carbocycles. The Bertz CT molecular complexity index is 1170. The fourth-order valence-electron chi connectivity index (χ4n) is 2.83. The van der Waals surface area contributed by atoms with Crippen LogP contribution in [0, 0.1) is 0 Å². The molecule has 0 bridgehead atoms. The third-order valence-electron chi connectivity index (χ3n) is 4.13. The van der Waals surface area contributed by atoms with Crippen LogP contribution in [0.3, 0.4) is 0 Å². The molecule has 145 valence electrons. The molecule has 0 unspecified atom stereocenters. The molecule has 0 aliphatic heterocycles. The molecule has 8 nitrogen and oxygen atoms in total. The number of ether oxygens (including phenoxy) is 2. The average molecular weight is 390 g/mol. The summed E-state index contributed by atoms with van der Waals surface area (Å²) in [5.41, 5.74) is 2.74. The number of carbonyl (C=O) groups excluding carboxylic acids is 3. The minimum atomic E-state index is -0.481. The number of rotatable bonds is 3. The summed E-state index contributed by atoms with van der Waals surface area (Å²) in [5, 5.41) is 7.86. The maximum absolute atomic E-state index is 11.4. The number of esters is 2. The van der Waals surface area contributed by atoms with Crippen LogP contribution < -0.4 is 0 Å². The van der Waals surface area contributed by atoms with Crippen molar-refractivity contribution in [1.29, 1.82) is 0 Å². The predicted molar refractivity (Wildman–Crippen MR) is 108 cm³/mol. The van der Waals surface area contributed by atoms with E-state index in [2.05, 4.69) is 24.7 Å². The first kappa shape index (κ1) is 21.4. The third kappa shape index (κ3) is 4.18. The van der Waals surface area contributed by atoms with Gasteiger partial charge in [-0.2, -0.15) is 5.10 Å². The number of nitrogens with one attached hydrogen (secondary N) is 2. The van der Waals surface area contributed by atoms with E-state index < -0.39 is 5.97 Å². The van der Waals surface area contributed by atoms with Crippen molar-refractivity contribution in [2.75, 3.05) is 14.2 Å². The lowest BCUT2D eigenvalue weighted by Gasteiger charge is -2.00. The number of methoxy groups -OCH3 is 2. The molecule has 4 aromatic rings. The summed E-state index contributed by atoms with van der Waals surface area (Å²) in [6.07, 6.45) is 2.43. The summed E-state index contributed by atoms with van der Waals surface area (Å²) >= 11 is 0. The van der Waals surface area contributed by atoms with Gasteiger partial charge in [-0.3, -0.25) is 9.89 Å². The minimum absolute atomic E-state index is 0. The number of hydrogen-bond donors (Lipinski definition) is 2. The van der Waals surface area contributed by atoms with Crippen LogP contribution >= 0.6 is 0 Å². The lowest BCUT2D eigenvalue weighted by molar-refractivity contribution is 0.0594. The highest BCUT2D eigenvalue weighted by Crippen LogP contribution is 2.20. The second-order valence-electron chi connectivity index (χ2n) is 5.68. The Balaban J connectivity index is 0.000000202. The summed E-state index contributed by atoms with van der Waals surface area (Å²) in [6, 6.07) is 12.3. The van der Waals surface area contributed by atoms with Crippen molar-refractivity contribution in [1.82, 2.24) is 15.2 Å². The molecule has 0 atom stereocenters. The topological polar surface area (TPSA) is 114 Å². The first-order valence-corrected chi connectivity index (χ1v) is 8.25. The third-order valence-corrected chi connectivity index (χ3v) is 4.13. The van der Waals surface area contributed by atoms with Gasteiger partial charge in [-0.15, -0.1) is 0 Å². The number of aromatic nitrogens is 3. The van der Waals surface area contributed by atoms with E-state index in [1.54, 1.807) is 30.5 Å². The smallest absolute Gasteiger partial charge is 0.338 e. The van der Waals surface area contributed by atoms with Gasteiger partial charge in [0.2, 0.25) is 0 Å². The molecule has 2 N–H and O–H groups in total. The van der Waals surface area contributed by atoms with Crippen LogP contribution in [-0.4, -0.2) is 56.0 Å². The van der Waals surface area contributed by atoms with Gasteiger partial charge in [0.1, 0.15) is 5.69 Å². The number of H-pyrrole nitrogens is 2. The van der Waals surface area contributed by atoms with Crippen LogP contribution in [0.15, 0.2) is 48.7 Å². The molecule has 9 heteroatoms.